The van der Waals surface area contributed by atoms with E-state index in [2.05, 4.69) is 15.5 Å². The van der Waals surface area contributed by atoms with Crippen LogP contribution in [0.4, 0.5) is 17.1 Å². The van der Waals surface area contributed by atoms with E-state index in [9.17, 15) is 9.59 Å². The van der Waals surface area contributed by atoms with Crippen LogP contribution in [0.5, 0.6) is 0 Å². The minimum Gasteiger partial charge on any atom is -0.372 e. The summed E-state index contributed by atoms with van der Waals surface area (Å²) in [5.41, 5.74) is 1.69. The first-order valence-electron chi connectivity index (χ1n) is 9.20. The first-order valence-corrected chi connectivity index (χ1v) is 9.20. The number of benzene rings is 2. The Labute approximate surface area is 153 Å². The molecule has 1 aliphatic heterocycles. The molecular weight excluding hydrogens is 326 g/mol. The zero-order valence-electron chi connectivity index (χ0n) is 14.7. The lowest BCUT2D eigenvalue weighted by Crippen LogP contribution is -2.35. The maximum absolute atomic E-state index is 12.7. The average molecular weight is 349 g/mol. The van der Waals surface area contributed by atoms with Crippen molar-refractivity contribution in [1.82, 2.24) is 0 Å². The summed E-state index contributed by atoms with van der Waals surface area (Å²) in [4.78, 5) is 27.6. The maximum Gasteiger partial charge on any atom is 0.240 e. The quantitative estimate of drug-likeness (QED) is 0.810. The van der Waals surface area contributed by atoms with Crippen molar-refractivity contribution in [3.05, 3.63) is 54.6 Å². The number of nitrogens with zero attached hydrogens (tertiary/aromatic N) is 1. The molecule has 1 aliphatic carbocycles. The van der Waals surface area contributed by atoms with Gasteiger partial charge in [0.1, 0.15) is 5.41 Å². The molecule has 0 atom stereocenters. The van der Waals surface area contributed by atoms with Gasteiger partial charge in [0.2, 0.25) is 11.8 Å². The second kappa shape index (κ2) is 6.83. The van der Waals surface area contributed by atoms with Crippen LogP contribution < -0.4 is 15.5 Å². The number of hydrogen-bond donors (Lipinski definition) is 2. The van der Waals surface area contributed by atoms with Crippen LogP contribution in [-0.2, 0) is 9.59 Å². The number of rotatable bonds is 5. The van der Waals surface area contributed by atoms with Crippen molar-refractivity contribution in [2.75, 3.05) is 28.6 Å². The van der Waals surface area contributed by atoms with Gasteiger partial charge < -0.3 is 15.5 Å². The predicted molar refractivity (Wildman–Crippen MR) is 103 cm³/mol. The summed E-state index contributed by atoms with van der Waals surface area (Å²) in [6.45, 7) is 2.18. The Balaban J connectivity index is 1.40. The first kappa shape index (κ1) is 16.6. The third kappa shape index (κ3) is 3.29. The highest BCUT2D eigenvalue weighted by Crippen LogP contribution is 2.47. The molecule has 1 saturated carbocycles. The fourth-order valence-electron chi connectivity index (χ4n) is 3.44. The molecular formula is C21H23N3O2. The summed E-state index contributed by atoms with van der Waals surface area (Å²) in [5, 5.41) is 5.76. The largest absolute Gasteiger partial charge is 0.372 e. The van der Waals surface area contributed by atoms with Crippen LogP contribution in [0.25, 0.3) is 0 Å². The standard InChI is InChI=1S/C21H23N3O2/c25-19(22-16-6-2-1-3-7-16)21(12-13-21)20(26)23-17-8-10-18(11-9-17)24-14-4-5-15-24/h1-3,6-11H,4-5,12-15H2,(H,22,25)(H,23,26). The van der Waals surface area contributed by atoms with E-state index in [4.69, 9.17) is 0 Å². The van der Waals surface area contributed by atoms with Crippen molar-refractivity contribution in [3.8, 4) is 0 Å². The summed E-state index contributed by atoms with van der Waals surface area (Å²) in [7, 11) is 0. The van der Waals surface area contributed by atoms with Crippen molar-refractivity contribution < 1.29 is 9.59 Å². The molecule has 26 heavy (non-hydrogen) atoms. The number of anilines is 3. The summed E-state index contributed by atoms with van der Waals surface area (Å²) < 4.78 is 0. The Hall–Kier alpha value is -2.82. The highest BCUT2D eigenvalue weighted by atomic mass is 16.2. The van der Waals surface area contributed by atoms with Crippen LogP contribution in [0, 0.1) is 5.41 Å². The monoisotopic (exact) mass is 349 g/mol. The topological polar surface area (TPSA) is 61.4 Å². The molecule has 134 valence electrons. The number of para-hydroxylation sites is 1. The summed E-state index contributed by atoms with van der Waals surface area (Å²) in [5.74, 6) is -0.449. The molecule has 2 fully saturated rings. The molecule has 2 N–H and O–H groups in total. The fraction of sp³-hybridized carbons (Fsp3) is 0.333. The lowest BCUT2D eigenvalue weighted by atomic mass is 10.0. The maximum atomic E-state index is 12.7. The van der Waals surface area contributed by atoms with Gasteiger partial charge in [-0.05, 0) is 62.1 Å². The Morgan fingerprint density at radius 1 is 0.769 bits per heavy atom. The lowest BCUT2D eigenvalue weighted by molar-refractivity contribution is -0.131. The van der Waals surface area contributed by atoms with Crippen LogP contribution in [0.1, 0.15) is 25.7 Å². The SMILES string of the molecule is O=C(Nc1ccccc1)C1(C(=O)Nc2ccc(N3CCCC3)cc2)CC1. The Bertz CT molecular complexity index is 792. The molecule has 1 heterocycles. The fourth-order valence-corrected chi connectivity index (χ4v) is 3.44. The second-order valence-electron chi connectivity index (χ2n) is 7.10. The number of carbonyl (C=O) groups is 2. The van der Waals surface area contributed by atoms with E-state index in [1.807, 2.05) is 54.6 Å². The van der Waals surface area contributed by atoms with Gasteiger partial charge >= 0.3 is 0 Å². The van der Waals surface area contributed by atoms with Crippen molar-refractivity contribution in [1.29, 1.82) is 0 Å². The number of amides is 2. The van der Waals surface area contributed by atoms with Gasteiger partial charge in [-0.15, -0.1) is 0 Å². The lowest BCUT2D eigenvalue weighted by Gasteiger charge is -2.19. The van der Waals surface area contributed by atoms with Gasteiger partial charge in [0.15, 0.2) is 0 Å². The van der Waals surface area contributed by atoms with Crippen molar-refractivity contribution >= 4 is 28.9 Å². The van der Waals surface area contributed by atoms with Crippen LogP contribution in [0.2, 0.25) is 0 Å². The normalized spacial score (nSPS) is 17.6. The van der Waals surface area contributed by atoms with Crippen LogP contribution in [0.15, 0.2) is 54.6 Å². The second-order valence-corrected chi connectivity index (χ2v) is 7.10. The van der Waals surface area contributed by atoms with Crippen molar-refractivity contribution in [2.24, 2.45) is 5.41 Å². The molecule has 0 spiro atoms. The van der Waals surface area contributed by atoms with Crippen molar-refractivity contribution in [2.45, 2.75) is 25.7 Å². The molecule has 5 heteroatoms. The number of carbonyl (C=O) groups excluding carboxylic acids is 2. The number of nitrogens with one attached hydrogen (secondary N) is 2. The molecule has 0 bridgehead atoms. The Morgan fingerprint density at radius 3 is 1.85 bits per heavy atom. The summed E-state index contributed by atoms with van der Waals surface area (Å²) >= 11 is 0. The minimum absolute atomic E-state index is 0.222. The third-order valence-corrected chi connectivity index (χ3v) is 5.25. The molecule has 2 amide bonds. The van der Waals surface area contributed by atoms with E-state index in [0.29, 0.717) is 18.5 Å². The van der Waals surface area contributed by atoms with Gasteiger partial charge in [-0.25, -0.2) is 0 Å². The van der Waals surface area contributed by atoms with E-state index in [1.165, 1.54) is 18.5 Å². The van der Waals surface area contributed by atoms with E-state index in [1.54, 1.807) is 0 Å². The molecule has 2 aliphatic rings. The van der Waals surface area contributed by atoms with Gasteiger partial charge in [-0.2, -0.15) is 0 Å². The highest BCUT2D eigenvalue weighted by molar-refractivity contribution is 6.16. The van der Waals surface area contributed by atoms with Gasteiger partial charge in [0.25, 0.3) is 0 Å². The van der Waals surface area contributed by atoms with E-state index >= 15 is 0 Å². The highest BCUT2D eigenvalue weighted by Gasteiger charge is 2.56. The average Bonchev–Trinajstić information content (AvgIpc) is 3.31. The van der Waals surface area contributed by atoms with Crippen LogP contribution >= 0.6 is 0 Å². The zero-order chi connectivity index (χ0) is 18.0. The predicted octanol–water partition coefficient (Wildman–Crippen LogP) is 3.64. The molecule has 5 nitrogen and oxygen atoms in total. The van der Waals surface area contributed by atoms with E-state index < -0.39 is 5.41 Å². The molecule has 1 saturated heterocycles. The molecule has 4 rings (SSSR count). The third-order valence-electron chi connectivity index (χ3n) is 5.25. The van der Waals surface area contributed by atoms with Crippen LogP contribution in [0.3, 0.4) is 0 Å². The summed E-state index contributed by atoms with van der Waals surface area (Å²) in [6.07, 6.45) is 3.64. The van der Waals surface area contributed by atoms with Gasteiger partial charge in [0, 0.05) is 30.2 Å². The number of hydrogen-bond acceptors (Lipinski definition) is 3. The van der Waals surface area contributed by atoms with Gasteiger partial charge in [-0.1, -0.05) is 18.2 Å². The molecule has 2 aromatic carbocycles. The molecule has 0 aromatic heterocycles. The summed E-state index contributed by atoms with van der Waals surface area (Å²) in [6, 6.07) is 17.1. The van der Waals surface area contributed by atoms with Gasteiger partial charge in [-0.3, -0.25) is 9.59 Å². The van der Waals surface area contributed by atoms with Gasteiger partial charge in [0.05, 0.1) is 0 Å². The zero-order valence-corrected chi connectivity index (χ0v) is 14.7. The smallest absolute Gasteiger partial charge is 0.240 e. The first-order chi connectivity index (χ1) is 12.7. The van der Waals surface area contributed by atoms with E-state index in [0.717, 1.165) is 18.8 Å². The van der Waals surface area contributed by atoms with Crippen LogP contribution in [-0.4, -0.2) is 24.9 Å². The minimum atomic E-state index is -0.941. The molecule has 2 aromatic rings. The Morgan fingerprint density at radius 2 is 1.31 bits per heavy atom. The van der Waals surface area contributed by atoms with Crippen molar-refractivity contribution in [3.63, 3.8) is 0 Å². The molecule has 0 radical (unpaired) electrons. The Kier molecular flexibility index (Phi) is 4.37. The molecule has 0 unspecified atom stereocenters. The van der Waals surface area contributed by atoms with E-state index in [-0.39, 0.29) is 11.8 Å².